The Kier molecular flexibility index (Phi) is 4.62. The van der Waals surface area contributed by atoms with Crippen molar-refractivity contribution in [3.63, 3.8) is 0 Å². The van der Waals surface area contributed by atoms with E-state index in [0.29, 0.717) is 11.1 Å². The van der Waals surface area contributed by atoms with Crippen molar-refractivity contribution in [1.29, 1.82) is 10.5 Å². The number of hydrogen-bond donors (Lipinski definition) is 1. The number of rotatable bonds is 4. The van der Waals surface area contributed by atoms with Crippen LogP contribution in [0.4, 0.5) is 0 Å². The SMILES string of the molecule is CO[C@H](c1ccc(C#N)cc1C#N)[C@H](C)S(N)(=O)=O. The highest BCUT2D eigenvalue weighted by Gasteiger charge is 2.29. The molecule has 0 radical (unpaired) electrons. The number of benzene rings is 1. The molecule has 6 nitrogen and oxygen atoms in total. The first-order valence-electron chi connectivity index (χ1n) is 5.33. The number of ether oxygens (including phenoxy) is 1. The summed E-state index contributed by atoms with van der Waals surface area (Å²) in [6.07, 6.45) is -0.864. The Balaban J connectivity index is 3.36. The molecule has 0 saturated carbocycles. The zero-order chi connectivity index (χ0) is 14.6. The van der Waals surface area contributed by atoms with Crippen molar-refractivity contribution >= 4 is 10.0 Å². The van der Waals surface area contributed by atoms with Crippen LogP contribution in [0, 0.1) is 22.7 Å². The van der Waals surface area contributed by atoms with Crippen LogP contribution in [0.25, 0.3) is 0 Å². The summed E-state index contributed by atoms with van der Waals surface area (Å²) in [5.74, 6) is 0. The summed E-state index contributed by atoms with van der Waals surface area (Å²) in [6.45, 7) is 1.41. The van der Waals surface area contributed by atoms with E-state index in [4.69, 9.17) is 20.4 Å². The third kappa shape index (κ3) is 3.30. The predicted molar refractivity (Wildman–Crippen MR) is 68.2 cm³/mol. The number of nitriles is 2. The number of nitrogens with two attached hydrogens (primary N) is 1. The molecule has 19 heavy (non-hydrogen) atoms. The maximum Gasteiger partial charge on any atom is 0.214 e. The summed E-state index contributed by atoms with van der Waals surface area (Å²) < 4.78 is 27.9. The lowest BCUT2D eigenvalue weighted by molar-refractivity contribution is 0.102. The van der Waals surface area contributed by atoms with E-state index in [2.05, 4.69) is 0 Å². The van der Waals surface area contributed by atoms with Crippen LogP contribution in [0.3, 0.4) is 0 Å². The van der Waals surface area contributed by atoms with Crippen molar-refractivity contribution in [2.24, 2.45) is 5.14 Å². The fourth-order valence-corrected chi connectivity index (χ4v) is 2.32. The Morgan fingerprint density at radius 2 is 1.95 bits per heavy atom. The molecule has 0 aliphatic rings. The zero-order valence-electron chi connectivity index (χ0n) is 10.5. The highest BCUT2D eigenvalue weighted by molar-refractivity contribution is 7.89. The molecule has 0 bridgehead atoms. The van der Waals surface area contributed by atoms with Crippen LogP contribution in [0.15, 0.2) is 18.2 Å². The van der Waals surface area contributed by atoms with Crippen LogP contribution >= 0.6 is 0 Å². The van der Waals surface area contributed by atoms with Gasteiger partial charge in [-0.3, -0.25) is 0 Å². The molecule has 1 aromatic rings. The molecule has 100 valence electrons. The second-order valence-electron chi connectivity index (χ2n) is 3.98. The number of primary sulfonamides is 1. The molecule has 7 heteroatoms. The molecule has 1 aromatic carbocycles. The average molecular weight is 279 g/mol. The minimum atomic E-state index is -3.80. The fraction of sp³-hybridized carbons (Fsp3) is 0.333. The number of sulfonamides is 1. The Morgan fingerprint density at radius 3 is 2.37 bits per heavy atom. The topological polar surface area (TPSA) is 117 Å². The van der Waals surface area contributed by atoms with Gasteiger partial charge in [0.2, 0.25) is 10.0 Å². The third-order valence-electron chi connectivity index (χ3n) is 2.81. The number of nitrogens with zero attached hydrogens (tertiary/aromatic N) is 2. The predicted octanol–water partition coefficient (Wildman–Crippen LogP) is 0.794. The minimum absolute atomic E-state index is 0.196. The molecule has 1 rings (SSSR count). The average Bonchev–Trinajstić information content (AvgIpc) is 2.38. The van der Waals surface area contributed by atoms with Gasteiger partial charge in [-0.25, -0.2) is 13.6 Å². The van der Waals surface area contributed by atoms with Gasteiger partial charge in [0.15, 0.2) is 0 Å². The number of hydrogen-bond acceptors (Lipinski definition) is 5. The summed E-state index contributed by atoms with van der Waals surface area (Å²) in [5, 5.41) is 21.9. The van der Waals surface area contributed by atoms with E-state index in [-0.39, 0.29) is 5.56 Å². The van der Waals surface area contributed by atoms with Crippen molar-refractivity contribution in [3.05, 3.63) is 34.9 Å². The molecule has 0 aliphatic heterocycles. The molecule has 0 aliphatic carbocycles. The second-order valence-corrected chi connectivity index (χ2v) is 5.90. The lowest BCUT2D eigenvalue weighted by Gasteiger charge is -2.22. The molecule has 2 N–H and O–H groups in total. The van der Waals surface area contributed by atoms with Crippen LogP contribution in [0.2, 0.25) is 0 Å². The molecular weight excluding hydrogens is 266 g/mol. The van der Waals surface area contributed by atoms with E-state index < -0.39 is 21.4 Å². The quantitative estimate of drug-likeness (QED) is 0.874. The van der Waals surface area contributed by atoms with Crippen molar-refractivity contribution in [1.82, 2.24) is 0 Å². The van der Waals surface area contributed by atoms with Gasteiger partial charge in [-0.05, 0) is 24.6 Å². The Labute approximate surface area is 112 Å². The Hall–Kier alpha value is -1.93. The van der Waals surface area contributed by atoms with Gasteiger partial charge < -0.3 is 4.74 Å². The second kappa shape index (κ2) is 5.81. The van der Waals surface area contributed by atoms with Gasteiger partial charge in [-0.2, -0.15) is 10.5 Å². The molecule has 0 saturated heterocycles. The number of methoxy groups -OCH3 is 1. The summed E-state index contributed by atoms with van der Waals surface area (Å²) in [5.41, 5.74) is 0.908. The van der Waals surface area contributed by atoms with E-state index in [1.807, 2.05) is 12.1 Å². The summed E-state index contributed by atoms with van der Waals surface area (Å²) >= 11 is 0. The van der Waals surface area contributed by atoms with E-state index >= 15 is 0 Å². The van der Waals surface area contributed by atoms with E-state index in [0.717, 1.165) is 0 Å². The zero-order valence-corrected chi connectivity index (χ0v) is 11.3. The van der Waals surface area contributed by atoms with Gasteiger partial charge in [0.05, 0.1) is 23.3 Å². The first kappa shape index (κ1) is 15.1. The highest BCUT2D eigenvalue weighted by Crippen LogP contribution is 2.27. The van der Waals surface area contributed by atoms with Gasteiger partial charge in [0, 0.05) is 7.11 Å². The van der Waals surface area contributed by atoms with Gasteiger partial charge in [0.25, 0.3) is 0 Å². The molecular formula is C12H13N3O3S. The summed E-state index contributed by atoms with van der Waals surface area (Å²) in [7, 11) is -2.46. The summed E-state index contributed by atoms with van der Waals surface area (Å²) in [6, 6.07) is 8.23. The van der Waals surface area contributed by atoms with E-state index in [1.54, 1.807) is 0 Å². The van der Waals surface area contributed by atoms with Crippen LogP contribution in [-0.4, -0.2) is 20.8 Å². The summed E-state index contributed by atoms with van der Waals surface area (Å²) in [4.78, 5) is 0. The van der Waals surface area contributed by atoms with Gasteiger partial charge >= 0.3 is 0 Å². The van der Waals surface area contributed by atoms with Crippen molar-refractivity contribution in [2.45, 2.75) is 18.3 Å². The smallest absolute Gasteiger partial charge is 0.214 e. The molecule has 0 spiro atoms. The van der Waals surface area contributed by atoms with E-state index in [9.17, 15) is 8.42 Å². The highest BCUT2D eigenvalue weighted by atomic mass is 32.2. The van der Waals surface area contributed by atoms with Gasteiger partial charge in [0.1, 0.15) is 11.4 Å². The third-order valence-corrected chi connectivity index (χ3v) is 4.09. The van der Waals surface area contributed by atoms with Gasteiger partial charge in [-0.1, -0.05) is 6.07 Å². The van der Waals surface area contributed by atoms with Crippen LogP contribution < -0.4 is 5.14 Å². The maximum absolute atomic E-state index is 11.4. The molecule has 0 aromatic heterocycles. The Bertz CT molecular complexity index is 656. The monoisotopic (exact) mass is 279 g/mol. The molecule has 0 amide bonds. The van der Waals surface area contributed by atoms with Crippen molar-refractivity contribution in [2.75, 3.05) is 7.11 Å². The normalized spacial score (nSPS) is 14.2. The largest absolute Gasteiger partial charge is 0.375 e. The van der Waals surface area contributed by atoms with E-state index in [1.165, 1.54) is 32.2 Å². The van der Waals surface area contributed by atoms with Crippen LogP contribution in [0.5, 0.6) is 0 Å². The molecule has 0 fully saturated rings. The first-order chi connectivity index (χ1) is 8.85. The minimum Gasteiger partial charge on any atom is -0.375 e. The fourth-order valence-electron chi connectivity index (χ4n) is 1.71. The standard InChI is InChI=1S/C12H13N3O3S/c1-8(19(15,16)17)12(18-2)11-4-3-9(6-13)5-10(11)7-14/h3-5,8,12H,1-2H3,(H2,15,16,17)/t8-,12-/m0/s1. The van der Waals surface area contributed by atoms with Crippen molar-refractivity contribution < 1.29 is 13.2 Å². The van der Waals surface area contributed by atoms with Crippen LogP contribution in [0.1, 0.15) is 29.7 Å². The van der Waals surface area contributed by atoms with Gasteiger partial charge in [-0.15, -0.1) is 0 Å². The molecule has 0 unspecified atom stereocenters. The lowest BCUT2D eigenvalue weighted by Crippen LogP contribution is -2.32. The van der Waals surface area contributed by atoms with Crippen molar-refractivity contribution in [3.8, 4) is 12.1 Å². The molecule has 2 atom stereocenters. The van der Waals surface area contributed by atoms with Crippen LogP contribution in [-0.2, 0) is 14.8 Å². The molecule has 0 heterocycles. The first-order valence-corrected chi connectivity index (χ1v) is 6.94. The Morgan fingerprint density at radius 1 is 1.32 bits per heavy atom. The lowest BCUT2D eigenvalue weighted by atomic mass is 9.99. The maximum atomic E-state index is 11.4.